The van der Waals surface area contributed by atoms with E-state index in [-0.39, 0.29) is 28.5 Å². The number of alkyl halides is 5. The Morgan fingerprint density at radius 2 is 2.06 bits per heavy atom. The molecule has 14 heteroatoms. The standard InChI is InChI=1S/C19H19F5N4O4S/c1-2-3-4-13-9-27(33(29,30)18(20,21)22)10-14-15(28(13)8-12-7-25-11-26-12)5-6-16-17(14)32-19(23,24)31-16/h2,5-7,11,13H,1,3-4,8-10H2,(H,25,26). The number of H-pyrrole nitrogens is 1. The van der Waals surface area contributed by atoms with Crippen molar-refractivity contribution in [2.75, 3.05) is 11.4 Å². The van der Waals surface area contributed by atoms with Crippen molar-refractivity contribution >= 4 is 15.7 Å². The van der Waals surface area contributed by atoms with Crippen molar-refractivity contribution in [3.05, 3.63) is 48.6 Å². The molecule has 33 heavy (non-hydrogen) atoms. The average Bonchev–Trinajstić information content (AvgIpc) is 3.30. The molecule has 0 amide bonds. The second-order valence-electron chi connectivity index (χ2n) is 7.53. The van der Waals surface area contributed by atoms with E-state index in [1.165, 1.54) is 24.7 Å². The lowest BCUT2D eigenvalue weighted by Crippen LogP contribution is -2.46. The molecular weight excluding hydrogens is 475 g/mol. The summed E-state index contributed by atoms with van der Waals surface area (Å²) in [5.41, 5.74) is -4.90. The van der Waals surface area contributed by atoms with Crippen molar-refractivity contribution < 1.29 is 39.8 Å². The fourth-order valence-corrected chi connectivity index (χ4v) is 4.86. The van der Waals surface area contributed by atoms with Crippen molar-refractivity contribution in [1.82, 2.24) is 14.3 Å². The maximum absolute atomic E-state index is 13.8. The summed E-state index contributed by atoms with van der Waals surface area (Å²) in [4.78, 5) is 8.45. The van der Waals surface area contributed by atoms with Crippen LogP contribution in [-0.2, 0) is 23.1 Å². The monoisotopic (exact) mass is 494 g/mol. The molecule has 4 rings (SSSR count). The Hall–Kier alpha value is -2.87. The van der Waals surface area contributed by atoms with Crippen LogP contribution < -0.4 is 14.4 Å². The molecule has 0 aliphatic carbocycles. The highest BCUT2D eigenvalue weighted by atomic mass is 32.2. The smallest absolute Gasteiger partial charge is 0.395 e. The molecule has 1 N–H and O–H groups in total. The lowest BCUT2D eigenvalue weighted by molar-refractivity contribution is -0.287. The van der Waals surface area contributed by atoms with Gasteiger partial charge in [-0.3, -0.25) is 0 Å². The van der Waals surface area contributed by atoms with Gasteiger partial charge in [-0.05, 0) is 25.0 Å². The van der Waals surface area contributed by atoms with E-state index in [0.717, 1.165) is 0 Å². The summed E-state index contributed by atoms with van der Waals surface area (Å²) >= 11 is 0. The van der Waals surface area contributed by atoms with Gasteiger partial charge in [0, 0.05) is 36.6 Å². The molecule has 0 saturated carbocycles. The molecule has 180 valence electrons. The first kappa shape index (κ1) is 23.3. The van der Waals surface area contributed by atoms with Crippen LogP contribution in [0.25, 0.3) is 0 Å². The number of fused-ring (bicyclic) bond motifs is 3. The van der Waals surface area contributed by atoms with Crippen LogP contribution in [-0.4, -0.2) is 47.1 Å². The normalized spacial score (nSPS) is 20.4. The van der Waals surface area contributed by atoms with Crippen LogP contribution in [0.15, 0.2) is 37.3 Å². The number of ether oxygens (including phenoxy) is 2. The lowest BCUT2D eigenvalue weighted by atomic mass is 10.1. The summed E-state index contributed by atoms with van der Waals surface area (Å²) in [6.07, 6.45) is 1.07. The number of nitrogens with one attached hydrogen (secondary N) is 1. The summed E-state index contributed by atoms with van der Waals surface area (Å²) in [7, 11) is -5.78. The highest BCUT2D eigenvalue weighted by Crippen LogP contribution is 2.49. The second-order valence-corrected chi connectivity index (χ2v) is 9.46. The van der Waals surface area contributed by atoms with E-state index in [0.29, 0.717) is 12.1 Å². The fourth-order valence-electron chi connectivity index (χ4n) is 3.90. The minimum absolute atomic E-state index is 0.102. The molecule has 2 aliphatic heterocycles. The quantitative estimate of drug-likeness (QED) is 0.487. The maximum Gasteiger partial charge on any atom is 0.586 e. The van der Waals surface area contributed by atoms with Crippen molar-refractivity contribution in [2.45, 2.75) is 43.8 Å². The number of hydrogen-bond donors (Lipinski definition) is 1. The first-order chi connectivity index (χ1) is 15.4. The molecule has 0 saturated heterocycles. The van der Waals surface area contributed by atoms with Gasteiger partial charge >= 0.3 is 21.8 Å². The number of anilines is 1. The Balaban J connectivity index is 1.87. The third-order valence-corrected chi connectivity index (χ3v) is 6.92. The number of sulfonamides is 1. The zero-order valence-corrected chi connectivity index (χ0v) is 17.8. The molecule has 0 bridgehead atoms. The van der Waals surface area contributed by atoms with E-state index in [9.17, 15) is 30.4 Å². The van der Waals surface area contributed by atoms with E-state index in [4.69, 9.17) is 0 Å². The van der Waals surface area contributed by atoms with E-state index in [1.54, 1.807) is 11.0 Å². The van der Waals surface area contributed by atoms with Gasteiger partial charge in [0.15, 0.2) is 11.5 Å². The number of imidazole rings is 1. The van der Waals surface area contributed by atoms with Crippen molar-refractivity contribution in [3.8, 4) is 11.5 Å². The number of allylic oxidation sites excluding steroid dienone is 1. The number of aromatic nitrogens is 2. The predicted molar refractivity (Wildman–Crippen MR) is 106 cm³/mol. The number of nitrogens with zero attached hydrogens (tertiary/aromatic N) is 3. The van der Waals surface area contributed by atoms with Crippen LogP contribution in [0, 0.1) is 0 Å². The number of aromatic amines is 1. The van der Waals surface area contributed by atoms with Crippen molar-refractivity contribution in [1.29, 1.82) is 0 Å². The molecule has 2 aromatic rings. The van der Waals surface area contributed by atoms with E-state index >= 15 is 0 Å². The molecule has 1 unspecified atom stereocenters. The van der Waals surface area contributed by atoms with Gasteiger partial charge in [0.2, 0.25) is 0 Å². The molecule has 0 spiro atoms. The van der Waals surface area contributed by atoms with Crippen LogP contribution in [0.1, 0.15) is 24.1 Å². The number of rotatable bonds is 6. The lowest BCUT2D eigenvalue weighted by Gasteiger charge is -2.33. The Bertz CT molecular complexity index is 1140. The zero-order valence-electron chi connectivity index (χ0n) is 17.0. The molecule has 8 nitrogen and oxygen atoms in total. The van der Waals surface area contributed by atoms with Crippen LogP contribution >= 0.6 is 0 Å². The minimum atomic E-state index is -5.78. The molecule has 2 aliphatic rings. The Kier molecular flexibility index (Phi) is 5.76. The third-order valence-electron chi connectivity index (χ3n) is 5.38. The van der Waals surface area contributed by atoms with E-state index in [2.05, 4.69) is 26.0 Å². The fraction of sp³-hybridized carbons (Fsp3) is 0.421. The van der Waals surface area contributed by atoms with E-state index in [1.807, 2.05) is 0 Å². The van der Waals surface area contributed by atoms with Gasteiger partial charge in [-0.2, -0.15) is 17.5 Å². The number of benzene rings is 1. The summed E-state index contributed by atoms with van der Waals surface area (Å²) in [5.74, 6) is -0.895. The third kappa shape index (κ3) is 4.36. The van der Waals surface area contributed by atoms with Crippen LogP contribution in [0.2, 0.25) is 0 Å². The minimum Gasteiger partial charge on any atom is -0.395 e. The van der Waals surface area contributed by atoms with Crippen molar-refractivity contribution in [3.63, 3.8) is 0 Å². The molecule has 1 aromatic heterocycles. The molecular formula is C19H19F5N4O4S. The van der Waals surface area contributed by atoms with Gasteiger partial charge in [0.25, 0.3) is 0 Å². The summed E-state index contributed by atoms with van der Waals surface area (Å²) < 4.78 is 102. The molecule has 0 radical (unpaired) electrons. The van der Waals surface area contributed by atoms with Crippen LogP contribution in [0.5, 0.6) is 11.5 Å². The molecule has 1 aromatic carbocycles. The highest BCUT2D eigenvalue weighted by molar-refractivity contribution is 7.89. The van der Waals surface area contributed by atoms with Crippen molar-refractivity contribution in [2.24, 2.45) is 0 Å². The Labute approximate surface area is 185 Å². The first-order valence-corrected chi connectivity index (χ1v) is 11.2. The van der Waals surface area contributed by atoms with Crippen LogP contribution in [0.3, 0.4) is 0 Å². The molecule has 3 heterocycles. The molecule has 1 atom stereocenters. The Morgan fingerprint density at radius 3 is 2.70 bits per heavy atom. The largest absolute Gasteiger partial charge is 0.586 e. The van der Waals surface area contributed by atoms with Gasteiger partial charge in [-0.25, -0.2) is 13.4 Å². The number of halogens is 5. The summed E-state index contributed by atoms with van der Waals surface area (Å²) in [6, 6.07) is 1.87. The topological polar surface area (TPSA) is 87.8 Å². The summed E-state index contributed by atoms with van der Waals surface area (Å²) in [5, 5.41) is 0. The van der Waals surface area contributed by atoms with Gasteiger partial charge in [0.1, 0.15) is 0 Å². The van der Waals surface area contributed by atoms with E-state index < -0.39 is 52.5 Å². The summed E-state index contributed by atoms with van der Waals surface area (Å²) in [6.45, 7) is 2.35. The maximum atomic E-state index is 13.8. The Morgan fingerprint density at radius 1 is 1.30 bits per heavy atom. The zero-order chi connectivity index (χ0) is 24.0. The number of hydrogen-bond acceptors (Lipinski definition) is 6. The van der Waals surface area contributed by atoms with Gasteiger partial charge in [-0.15, -0.1) is 15.4 Å². The van der Waals surface area contributed by atoms with Gasteiger partial charge < -0.3 is 19.4 Å². The SMILES string of the molecule is C=CCCC1CN(S(=O)(=O)C(F)(F)F)Cc2c(ccc3c2OC(F)(F)O3)N1Cc1cnc[nH]1. The van der Waals surface area contributed by atoms with Gasteiger partial charge in [-0.1, -0.05) is 6.08 Å². The van der Waals surface area contributed by atoms with Gasteiger partial charge in [0.05, 0.1) is 18.6 Å². The second kappa shape index (κ2) is 8.17. The highest BCUT2D eigenvalue weighted by Gasteiger charge is 2.53. The first-order valence-electron chi connectivity index (χ1n) is 9.76. The average molecular weight is 494 g/mol. The molecule has 0 fully saturated rings. The van der Waals surface area contributed by atoms with Crippen LogP contribution in [0.4, 0.5) is 27.6 Å². The predicted octanol–water partition coefficient (Wildman–Crippen LogP) is 3.74.